The van der Waals surface area contributed by atoms with Crippen LogP contribution in [0.4, 0.5) is 0 Å². The molecule has 10 heteroatoms. The standard InChI is InChI=1S/C24H30N4O6/c1-5-7-9-14-19(20-15(32-3)10-8-11-16(20)33-4)22(30)21(23(31)26-14)24-28-27-18(34-24)13-17(29)25-12-6-2/h8,10-11H,5-7,9,12-13H2,1-4H3,(H,25,29)(H2,26,30,31). The fraction of sp³-hybridized carbons (Fsp3) is 0.417. The first kappa shape index (κ1) is 24.8. The number of nitrogens with one attached hydrogen (secondary N) is 1. The number of aryl methyl sites for hydroxylation is 1. The Balaban J connectivity index is 2.15. The molecule has 10 nitrogen and oxygen atoms in total. The molecule has 0 radical (unpaired) electrons. The molecule has 0 aliphatic carbocycles. The van der Waals surface area contributed by atoms with Crippen LogP contribution in [0.15, 0.2) is 22.6 Å². The summed E-state index contributed by atoms with van der Waals surface area (Å²) in [5.41, 5.74) is 1.18. The average molecular weight is 471 g/mol. The molecule has 0 atom stereocenters. The first-order chi connectivity index (χ1) is 16.4. The van der Waals surface area contributed by atoms with Crippen molar-refractivity contribution < 1.29 is 28.9 Å². The van der Waals surface area contributed by atoms with Gasteiger partial charge in [0.15, 0.2) is 0 Å². The zero-order valence-corrected chi connectivity index (χ0v) is 19.8. The van der Waals surface area contributed by atoms with Crippen LogP contribution < -0.4 is 14.8 Å². The number of carbonyl (C=O) groups is 1. The Morgan fingerprint density at radius 2 is 1.74 bits per heavy atom. The molecule has 0 spiro atoms. The Labute approximate surface area is 198 Å². The number of hydrogen-bond donors (Lipinski definition) is 3. The molecule has 0 bridgehead atoms. The van der Waals surface area contributed by atoms with E-state index in [4.69, 9.17) is 13.9 Å². The predicted octanol–water partition coefficient (Wildman–Crippen LogP) is 3.64. The molecule has 3 aromatic rings. The number of rotatable bonds is 11. The van der Waals surface area contributed by atoms with Crippen molar-refractivity contribution in [3.8, 4) is 45.7 Å². The lowest BCUT2D eigenvalue weighted by Gasteiger charge is -2.18. The molecule has 0 fully saturated rings. The summed E-state index contributed by atoms with van der Waals surface area (Å²) in [6.07, 6.45) is 2.85. The molecule has 0 aliphatic rings. The summed E-state index contributed by atoms with van der Waals surface area (Å²) >= 11 is 0. The third kappa shape index (κ3) is 5.22. The number of nitrogens with zero attached hydrogens (tertiary/aromatic N) is 3. The highest BCUT2D eigenvalue weighted by Crippen LogP contribution is 2.49. The van der Waals surface area contributed by atoms with Gasteiger partial charge in [0.1, 0.15) is 29.2 Å². The molecule has 0 saturated heterocycles. The molecule has 0 aliphatic heterocycles. The Bertz CT molecular complexity index is 1120. The van der Waals surface area contributed by atoms with Gasteiger partial charge in [0.25, 0.3) is 5.89 Å². The van der Waals surface area contributed by atoms with Crippen molar-refractivity contribution in [3.63, 3.8) is 0 Å². The minimum Gasteiger partial charge on any atom is -0.506 e. The van der Waals surface area contributed by atoms with Crippen LogP contribution in [0.1, 0.15) is 44.7 Å². The summed E-state index contributed by atoms with van der Waals surface area (Å²) in [4.78, 5) is 16.4. The van der Waals surface area contributed by atoms with Crippen LogP contribution in [0.2, 0.25) is 0 Å². The van der Waals surface area contributed by atoms with Crippen molar-refractivity contribution in [2.45, 2.75) is 46.0 Å². The molecule has 0 saturated carbocycles. The van der Waals surface area contributed by atoms with Gasteiger partial charge < -0.3 is 29.4 Å². The zero-order valence-electron chi connectivity index (χ0n) is 19.8. The molecule has 34 heavy (non-hydrogen) atoms. The van der Waals surface area contributed by atoms with Crippen molar-refractivity contribution in [3.05, 3.63) is 29.8 Å². The van der Waals surface area contributed by atoms with E-state index >= 15 is 0 Å². The number of hydrogen-bond acceptors (Lipinski definition) is 9. The maximum atomic E-state index is 12.0. The van der Waals surface area contributed by atoms with Gasteiger partial charge in [-0.15, -0.1) is 10.2 Å². The molecule has 2 aromatic heterocycles. The minimum absolute atomic E-state index is 0.0499. The first-order valence-corrected chi connectivity index (χ1v) is 11.2. The third-order valence-corrected chi connectivity index (χ3v) is 5.24. The van der Waals surface area contributed by atoms with E-state index in [0.29, 0.717) is 41.3 Å². The summed E-state index contributed by atoms with van der Waals surface area (Å²) < 4.78 is 16.7. The highest BCUT2D eigenvalue weighted by atomic mass is 16.5. The van der Waals surface area contributed by atoms with Gasteiger partial charge in [-0.25, -0.2) is 4.98 Å². The van der Waals surface area contributed by atoms with E-state index in [2.05, 4.69) is 20.5 Å². The quantitative estimate of drug-likeness (QED) is 0.383. The van der Waals surface area contributed by atoms with E-state index < -0.39 is 5.88 Å². The monoisotopic (exact) mass is 470 g/mol. The Hall–Kier alpha value is -3.82. The summed E-state index contributed by atoms with van der Waals surface area (Å²) in [5, 5.41) is 32.7. The van der Waals surface area contributed by atoms with Gasteiger partial charge in [0.2, 0.25) is 17.7 Å². The first-order valence-electron chi connectivity index (χ1n) is 11.2. The van der Waals surface area contributed by atoms with Crippen molar-refractivity contribution in [1.82, 2.24) is 20.5 Å². The fourth-order valence-electron chi connectivity index (χ4n) is 3.58. The predicted molar refractivity (Wildman–Crippen MR) is 125 cm³/mol. The second-order valence-corrected chi connectivity index (χ2v) is 7.65. The summed E-state index contributed by atoms with van der Waals surface area (Å²) in [5.74, 6) is -0.196. The number of amides is 1. The lowest BCUT2D eigenvalue weighted by molar-refractivity contribution is -0.120. The van der Waals surface area contributed by atoms with Crippen molar-refractivity contribution in [2.24, 2.45) is 0 Å². The normalized spacial score (nSPS) is 10.8. The fourth-order valence-corrected chi connectivity index (χ4v) is 3.58. The maximum Gasteiger partial charge on any atom is 0.257 e. The summed E-state index contributed by atoms with van der Waals surface area (Å²) in [6, 6.07) is 5.26. The number of methoxy groups -OCH3 is 2. The van der Waals surface area contributed by atoms with Crippen LogP contribution in [0.3, 0.4) is 0 Å². The molecule has 0 unspecified atom stereocenters. The van der Waals surface area contributed by atoms with Gasteiger partial charge >= 0.3 is 0 Å². The van der Waals surface area contributed by atoms with E-state index in [9.17, 15) is 15.0 Å². The van der Waals surface area contributed by atoms with E-state index in [1.165, 1.54) is 14.2 Å². The number of carbonyl (C=O) groups excluding carboxylic acids is 1. The van der Waals surface area contributed by atoms with Gasteiger partial charge in [0.05, 0.1) is 31.0 Å². The molecule has 3 N–H and O–H groups in total. The Morgan fingerprint density at radius 1 is 1.03 bits per heavy atom. The smallest absolute Gasteiger partial charge is 0.257 e. The molecule has 1 amide bonds. The topological polar surface area (TPSA) is 140 Å². The lowest BCUT2D eigenvalue weighted by Crippen LogP contribution is -2.25. The summed E-state index contributed by atoms with van der Waals surface area (Å²) in [6.45, 7) is 4.52. The van der Waals surface area contributed by atoms with Gasteiger partial charge in [0, 0.05) is 6.54 Å². The number of aromatic nitrogens is 3. The molecule has 3 rings (SSSR count). The zero-order chi connectivity index (χ0) is 24.7. The number of pyridine rings is 1. The van der Waals surface area contributed by atoms with Gasteiger partial charge in [-0.2, -0.15) is 0 Å². The van der Waals surface area contributed by atoms with Gasteiger partial charge in [-0.05, 0) is 31.4 Å². The van der Waals surface area contributed by atoms with Crippen LogP contribution in [-0.4, -0.2) is 52.1 Å². The van der Waals surface area contributed by atoms with Gasteiger partial charge in [-0.1, -0.05) is 26.3 Å². The number of ether oxygens (including phenoxy) is 2. The van der Waals surface area contributed by atoms with E-state index in [1.54, 1.807) is 18.2 Å². The van der Waals surface area contributed by atoms with E-state index in [-0.39, 0.29) is 35.4 Å². The van der Waals surface area contributed by atoms with E-state index in [0.717, 1.165) is 19.3 Å². The number of benzene rings is 1. The van der Waals surface area contributed by atoms with Crippen molar-refractivity contribution in [1.29, 1.82) is 0 Å². The number of unbranched alkanes of at least 4 members (excludes halogenated alkanes) is 1. The highest BCUT2D eigenvalue weighted by Gasteiger charge is 2.28. The van der Waals surface area contributed by atoms with E-state index in [1.807, 2.05) is 13.8 Å². The largest absolute Gasteiger partial charge is 0.506 e. The van der Waals surface area contributed by atoms with Crippen LogP contribution in [0.25, 0.3) is 22.6 Å². The highest BCUT2D eigenvalue weighted by molar-refractivity contribution is 5.88. The molecule has 2 heterocycles. The Morgan fingerprint density at radius 3 is 2.35 bits per heavy atom. The second-order valence-electron chi connectivity index (χ2n) is 7.65. The molecule has 182 valence electrons. The van der Waals surface area contributed by atoms with Crippen LogP contribution >= 0.6 is 0 Å². The van der Waals surface area contributed by atoms with Crippen LogP contribution in [0, 0.1) is 0 Å². The van der Waals surface area contributed by atoms with Crippen molar-refractivity contribution >= 4 is 5.91 Å². The van der Waals surface area contributed by atoms with Crippen LogP contribution in [-0.2, 0) is 17.6 Å². The SMILES string of the molecule is CCCCc1nc(O)c(-c2nnc(CC(=O)NCCC)o2)c(O)c1-c1c(OC)cccc1OC. The van der Waals surface area contributed by atoms with Gasteiger partial charge in [-0.3, -0.25) is 4.79 Å². The molecule has 1 aromatic carbocycles. The van der Waals surface area contributed by atoms with Crippen LogP contribution in [0.5, 0.6) is 23.1 Å². The maximum absolute atomic E-state index is 12.0. The third-order valence-electron chi connectivity index (χ3n) is 5.24. The summed E-state index contributed by atoms with van der Waals surface area (Å²) in [7, 11) is 3.04. The average Bonchev–Trinajstić information content (AvgIpc) is 3.28. The molecular weight excluding hydrogens is 440 g/mol. The Kier molecular flexibility index (Phi) is 8.29. The lowest BCUT2D eigenvalue weighted by atomic mass is 9.95. The second kappa shape index (κ2) is 11.4. The van der Waals surface area contributed by atoms with Crippen molar-refractivity contribution in [2.75, 3.05) is 20.8 Å². The minimum atomic E-state index is -0.452. The molecular formula is C24H30N4O6. The number of aromatic hydroxyl groups is 2.